The van der Waals surface area contributed by atoms with Crippen LogP contribution < -0.4 is 5.73 Å². The average Bonchev–Trinajstić information content (AvgIpc) is 2.64. The first-order chi connectivity index (χ1) is 8.16. The molecule has 0 aliphatic rings. The van der Waals surface area contributed by atoms with Crippen molar-refractivity contribution in [2.75, 3.05) is 5.73 Å². The molecule has 3 aromatic rings. The minimum atomic E-state index is -0.00504. The molecule has 0 unspecified atom stereocenters. The summed E-state index contributed by atoms with van der Waals surface area (Å²) in [6, 6.07) is 9.86. The summed E-state index contributed by atoms with van der Waals surface area (Å²) < 4.78 is 0. The standard InChI is InChI=1S/C13H10N2OS/c1-7(16)12-11(14)9-6-8-4-2-3-5-10(8)15-13(9)17-12/h2-6H,14H2,1H3. The Balaban J connectivity index is 2.44. The smallest absolute Gasteiger partial charge is 0.171 e. The van der Waals surface area contributed by atoms with Gasteiger partial charge in [0.2, 0.25) is 0 Å². The zero-order chi connectivity index (χ0) is 12.0. The molecule has 0 aliphatic heterocycles. The number of nitrogens with zero attached hydrogens (tertiary/aromatic N) is 1. The predicted molar refractivity (Wildman–Crippen MR) is 71.5 cm³/mol. The number of carbonyl (C=O) groups is 1. The zero-order valence-corrected chi connectivity index (χ0v) is 10.0. The molecule has 2 aromatic heterocycles. The summed E-state index contributed by atoms with van der Waals surface area (Å²) in [6.45, 7) is 1.53. The Bertz CT molecular complexity index is 746. The number of Topliss-reactive ketones (excluding diaryl/α,β-unsaturated/α-hetero) is 1. The molecule has 3 nitrogen and oxygen atoms in total. The second-order valence-electron chi connectivity index (χ2n) is 3.93. The van der Waals surface area contributed by atoms with Gasteiger partial charge in [0.05, 0.1) is 16.1 Å². The summed E-state index contributed by atoms with van der Waals surface area (Å²) in [4.78, 5) is 17.4. The average molecular weight is 242 g/mol. The summed E-state index contributed by atoms with van der Waals surface area (Å²) in [6.07, 6.45) is 0. The van der Waals surface area contributed by atoms with Crippen LogP contribution in [0.4, 0.5) is 5.69 Å². The van der Waals surface area contributed by atoms with E-state index in [4.69, 9.17) is 5.73 Å². The van der Waals surface area contributed by atoms with E-state index in [9.17, 15) is 4.79 Å². The lowest BCUT2D eigenvalue weighted by Gasteiger charge is -1.97. The summed E-state index contributed by atoms with van der Waals surface area (Å²) in [5.41, 5.74) is 7.46. The number of hydrogen-bond donors (Lipinski definition) is 1. The molecule has 0 spiro atoms. The third-order valence-corrected chi connectivity index (χ3v) is 3.96. The van der Waals surface area contributed by atoms with Gasteiger partial charge in [-0.05, 0) is 12.1 Å². The molecule has 2 N–H and O–H groups in total. The van der Waals surface area contributed by atoms with Gasteiger partial charge in [0, 0.05) is 17.7 Å². The van der Waals surface area contributed by atoms with Gasteiger partial charge in [0.1, 0.15) is 4.83 Å². The van der Waals surface area contributed by atoms with Crippen LogP contribution >= 0.6 is 11.3 Å². The van der Waals surface area contributed by atoms with E-state index in [1.165, 1.54) is 18.3 Å². The Hall–Kier alpha value is -1.94. The van der Waals surface area contributed by atoms with Crippen LogP contribution in [-0.4, -0.2) is 10.8 Å². The lowest BCUT2D eigenvalue weighted by Crippen LogP contribution is -1.93. The number of benzene rings is 1. The van der Waals surface area contributed by atoms with Crippen molar-refractivity contribution in [2.45, 2.75) is 6.92 Å². The Morgan fingerprint density at radius 3 is 2.88 bits per heavy atom. The van der Waals surface area contributed by atoms with Gasteiger partial charge in [0.15, 0.2) is 5.78 Å². The summed E-state index contributed by atoms with van der Waals surface area (Å²) in [5, 5.41) is 1.92. The number of pyridine rings is 1. The Morgan fingerprint density at radius 1 is 1.35 bits per heavy atom. The molecule has 0 saturated heterocycles. The van der Waals surface area contributed by atoms with Crippen molar-refractivity contribution in [3.63, 3.8) is 0 Å². The predicted octanol–water partition coefficient (Wildman–Crippen LogP) is 3.23. The Labute approximate surface area is 102 Å². The summed E-state index contributed by atoms with van der Waals surface area (Å²) >= 11 is 1.36. The van der Waals surface area contributed by atoms with E-state index in [0.717, 1.165) is 21.1 Å². The number of fused-ring (bicyclic) bond motifs is 2. The van der Waals surface area contributed by atoms with E-state index in [1.54, 1.807) is 0 Å². The van der Waals surface area contributed by atoms with Gasteiger partial charge in [-0.2, -0.15) is 0 Å². The molecular weight excluding hydrogens is 232 g/mol. The quantitative estimate of drug-likeness (QED) is 0.666. The van der Waals surface area contributed by atoms with Crippen molar-refractivity contribution in [1.29, 1.82) is 0 Å². The van der Waals surface area contributed by atoms with Gasteiger partial charge in [-0.1, -0.05) is 18.2 Å². The van der Waals surface area contributed by atoms with E-state index in [-0.39, 0.29) is 5.78 Å². The van der Waals surface area contributed by atoms with E-state index in [0.29, 0.717) is 10.6 Å². The molecule has 0 bridgehead atoms. The molecule has 0 aliphatic carbocycles. The maximum absolute atomic E-state index is 11.4. The first-order valence-corrected chi connectivity index (χ1v) is 6.07. The fraction of sp³-hybridized carbons (Fsp3) is 0.0769. The first kappa shape index (κ1) is 10.2. The first-order valence-electron chi connectivity index (χ1n) is 5.25. The van der Waals surface area contributed by atoms with E-state index in [1.807, 2.05) is 30.3 Å². The monoisotopic (exact) mass is 242 g/mol. The Morgan fingerprint density at radius 2 is 2.12 bits per heavy atom. The van der Waals surface area contributed by atoms with Crippen LogP contribution in [0.15, 0.2) is 30.3 Å². The molecule has 3 rings (SSSR count). The Kier molecular flexibility index (Phi) is 2.12. The van der Waals surface area contributed by atoms with Crippen molar-refractivity contribution in [2.24, 2.45) is 0 Å². The van der Waals surface area contributed by atoms with E-state index in [2.05, 4.69) is 4.98 Å². The topological polar surface area (TPSA) is 56.0 Å². The minimum absolute atomic E-state index is 0.00504. The lowest BCUT2D eigenvalue weighted by atomic mass is 10.1. The number of ketones is 1. The molecule has 84 valence electrons. The molecule has 2 heterocycles. The second kappa shape index (κ2) is 3.53. The normalized spacial score (nSPS) is 11.1. The van der Waals surface area contributed by atoms with Gasteiger partial charge in [-0.25, -0.2) is 4.98 Å². The number of hydrogen-bond acceptors (Lipinski definition) is 4. The zero-order valence-electron chi connectivity index (χ0n) is 9.23. The fourth-order valence-electron chi connectivity index (χ4n) is 1.90. The van der Waals surface area contributed by atoms with Crippen LogP contribution in [0.25, 0.3) is 21.1 Å². The van der Waals surface area contributed by atoms with Gasteiger partial charge in [0.25, 0.3) is 0 Å². The highest BCUT2D eigenvalue weighted by atomic mass is 32.1. The third kappa shape index (κ3) is 1.49. The largest absolute Gasteiger partial charge is 0.397 e. The van der Waals surface area contributed by atoms with Crippen molar-refractivity contribution < 1.29 is 4.79 Å². The summed E-state index contributed by atoms with van der Waals surface area (Å²) in [5.74, 6) is -0.00504. The van der Waals surface area contributed by atoms with Crippen LogP contribution in [0.3, 0.4) is 0 Å². The van der Waals surface area contributed by atoms with E-state index >= 15 is 0 Å². The molecule has 1 aromatic carbocycles. The van der Waals surface area contributed by atoms with Gasteiger partial charge in [-0.3, -0.25) is 4.79 Å². The number of nitrogens with two attached hydrogens (primary N) is 1. The van der Waals surface area contributed by atoms with Gasteiger partial charge >= 0.3 is 0 Å². The highest BCUT2D eigenvalue weighted by Crippen LogP contribution is 2.34. The fourth-order valence-corrected chi connectivity index (χ4v) is 2.88. The maximum Gasteiger partial charge on any atom is 0.171 e. The van der Waals surface area contributed by atoms with Crippen LogP contribution in [0.5, 0.6) is 0 Å². The molecule has 0 saturated carbocycles. The molecule has 0 atom stereocenters. The SMILES string of the molecule is CC(=O)c1sc2nc3ccccc3cc2c1N. The number of para-hydroxylation sites is 1. The summed E-state index contributed by atoms with van der Waals surface area (Å²) in [7, 11) is 0. The minimum Gasteiger partial charge on any atom is -0.397 e. The lowest BCUT2D eigenvalue weighted by molar-refractivity contribution is 0.102. The van der Waals surface area contributed by atoms with E-state index < -0.39 is 0 Å². The number of thiophene rings is 1. The maximum atomic E-state index is 11.4. The van der Waals surface area contributed by atoms with Crippen LogP contribution in [0.1, 0.15) is 16.6 Å². The van der Waals surface area contributed by atoms with Crippen molar-refractivity contribution in [3.8, 4) is 0 Å². The van der Waals surface area contributed by atoms with Crippen molar-refractivity contribution in [3.05, 3.63) is 35.2 Å². The van der Waals surface area contributed by atoms with Crippen LogP contribution in [0, 0.1) is 0 Å². The highest BCUT2D eigenvalue weighted by Gasteiger charge is 2.14. The van der Waals surface area contributed by atoms with Gasteiger partial charge in [-0.15, -0.1) is 11.3 Å². The third-order valence-electron chi connectivity index (χ3n) is 2.74. The molecule has 0 fully saturated rings. The molecule has 0 amide bonds. The number of rotatable bonds is 1. The number of anilines is 1. The van der Waals surface area contributed by atoms with Crippen LogP contribution in [0.2, 0.25) is 0 Å². The molecular formula is C13H10N2OS. The second-order valence-corrected chi connectivity index (χ2v) is 4.93. The molecule has 4 heteroatoms. The number of nitrogen functional groups attached to an aromatic ring is 1. The molecule has 17 heavy (non-hydrogen) atoms. The number of aromatic nitrogens is 1. The van der Waals surface area contributed by atoms with Crippen molar-refractivity contribution >= 4 is 43.9 Å². The highest BCUT2D eigenvalue weighted by molar-refractivity contribution is 7.21. The van der Waals surface area contributed by atoms with Crippen LogP contribution in [-0.2, 0) is 0 Å². The number of carbonyl (C=O) groups excluding carboxylic acids is 1. The van der Waals surface area contributed by atoms with Crippen molar-refractivity contribution in [1.82, 2.24) is 4.98 Å². The van der Waals surface area contributed by atoms with Gasteiger partial charge < -0.3 is 5.73 Å². The molecule has 0 radical (unpaired) electrons.